The fraction of sp³-hybridized carbons (Fsp3) is 0.280. The van der Waals surface area contributed by atoms with Crippen LogP contribution in [0.2, 0.25) is 0 Å². The van der Waals surface area contributed by atoms with Crippen molar-refractivity contribution in [3.8, 4) is 5.82 Å². The molecule has 1 fully saturated rings. The number of nitrogens with zero attached hydrogens (tertiary/aromatic N) is 7. The van der Waals surface area contributed by atoms with Crippen molar-refractivity contribution in [3.05, 3.63) is 83.2 Å². The van der Waals surface area contributed by atoms with Crippen LogP contribution in [0.4, 0.5) is 5.82 Å². The molecule has 0 saturated carbocycles. The SMILES string of the molecule is Nc1nonc1-n1nnc(C(=O)N/N=C\c2ccccc2)c1CN1CCC(Cc2ccccc2)CC1. The summed E-state index contributed by atoms with van der Waals surface area (Å²) in [7, 11) is 0. The van der Waals surface area contributed by atoms with E-state index in [1.54, 1.807) is 6.21 Å². The van der Waals surface area contributed by atoms with Gasteiger partial charge in [0.05, 0.1) is 11.9 Å². The Labute approximate surface area is 207 Å². The summed E-state index contributed by atoms with van der Waals surface area (Å²) in [6.07, 6.45) is 4.77. The fourth-order valence-electron chi connectivity index (χ4n) is 4.39. The molecule has 2 aromatic heterocycles. The zero-order chi connectivity index (χ0) is 24.7. The zero-order valence-corrected chi connectivity index (χ0v) is 19.7. The number of hydrogen-bond donors (Lipinski definition) is 2. The highest BCUT2D eigenvalue weighted by molar-refractivity contribution is 5.94. The third-order valence-corrected chi connectivity index (χ3v) is 6.30. The van der Waals surface area contributed by atoms with Crippen molar-refractivity contribution in [3.63, 3.8) is 0 Å². The predicted octanol–water partition coefficient (Wildman–Crippen LogP) is 2.45. The maximum atomic E-state index is 13.0. The molecule has 11 nitrogen and oxygen atoms in total. The number of hydrogen-bond acceptors (Lipinski definition) is 9. The van der Waals surface area contributed by atoms with Crippen molar-refractivity contribution in [1.29, 1.82) is 0 Å². The van der Waals surface area contributed by atoms with E-state index in [2.05, 4.69) is 60.3 Å². The molecule has 2 aromatic carbocycles. The maximum Gasteiger partial charge on any atom is 0.293 e. The first-order valence-corrected chi connectivity index (χ1v) is 11.8. The third-order valence-electron chi connectivity index (χ3n) is 6.30. The number of hydrazone groups is 1. The Morgan fingerprint density at radius 3 is 2.50 bits per heavy atom. The summed E-state index contributed by atoms with van der Waals surface area (Å²) in [4.78, 5) is 15.3. The topological polar surface area (TPSA) is 140 Å². The van der Waals surface area contributed by atoms with Crippen molar-refractivity contribution in [1.82, 2.24) is 35.6 Å². The minimum absolute atomic E-state index is 0.0665. The fourth-order valence-corrected chi connectivity index (χ4v) is 4.39. The molecule has 0 aliphatic carbocycles. The average molecular weight is 486 g/mol. The van der Waals surface area contributed by atoms with Crippen LogP contribution in [0.15, 0.2) is 70.4 Å². The van der Waals surface area contributed by atoms with Gasteiger partial charge in [-0.25, -0.2) is 10.1 Å². The van der Waals surface area contributed by atoms with E-state index >= 15 is 0 Å². The highest BCUT2D eigenvalue weighted by atomic mass is 16.6. The predicted molar refractivity (Wildman–Crippen MR) is 133 cm³/mol. The quantitative estimate of drug-likeness (QED) is 0.286. The molecule has 1 aliphatic heterocycles. The molecule has 4 aromatic rings. The number of nitrogens with two attached hydrogens (primary N) is 1. The summed E-state index contributed by atoms with van der Waals surface area (Å²) in [5, 5.41) is 19.8. The number of anilines is 1. The summed E-state index contributed by atoms with van der Waals surface area (Å²) in [6, 6.07) is 20.0. The Bertz CT molecular complexity index is 1310. The Morgan fingerprint density at radius 1 is 1.08 bits per heavy atom. The molecular formula is C25H27N9O2. The number of benzene rings is 2. The van der Waals surface area contributed by atoms with Gasteiger partial charge in [-0.2, -0.15) is 9.78 Å². The second-order valence-corrected chi connectivity index (χ2v) is 8.79. The number of aromatic nitrogens is 5. The highest BCUT2D eigenvalue weighted by Gasteiger charge is 2.27. The molecule has 0 radical (unpaired) electrons. The van der Waals surface area contributed by atoms with Gasteiger partial charge in [0.25, 0.3) is 5.91 Å². The zero-order valence-electron chi connectivity index (χ0n) is 19.7. The van der Waals surface area contributed by atoms with Gasteiger partial charge >= 0.3 is 0 Å². The molecule has 1 saturated heterocycles. The molecule has 1 amide bonds. The minimum Gasteiger partial charge on any atom is -0.378 e. The summed E-state index contributed by atoms with van der Waals surface area (Å²) in [6.45, 7) is 2.23. The van der Waals surface area contributed by atoms with Crippen LogP contribution >= 0.6 is 0 Å². The van der Waals surface area contributed by atoms with Gasteiger partial charge in [0, 0.05) is 6.54 Å². The van der Waals surface area contributed by atoms with Crippen LogP contribution in [0.3, 0.4) is 0 Å². The molecule has 36 heavy (non-hydrogen) atoms. The summed E-state index contributed by atoms with van der Waals surface area (Å²) >= 11 is 0. The molecule has 0 spiro atoms. The molecule has 0 atom stereocenters. The Morgan fingerprint density at radius 2 is 1.81 bits per heavy atom. The van der Waals surface area contributed by atoms with Crippen LogP contribution in [0, 0.1) is 5.92 Å². The molecule has 0 bridgehead atoms. The van der Waals surface area contributed by atoms with E-state index in [4.69, 9.17) is 10.4 Å². The highest BCUT2D eigenvalue weighted by Crippen LogP contribution is 2.24. The largest absolute Gasteiger partial charge is 0.378 e. The first kappa shape index (κ1) is 23.4. The van der Waals surface area contributed by atoms with Gasteiger partial charge in [-0.15, -0.1) is 5.10 Å². The third kappa shape index (κ3) is 5.47. The van der Waals surface area contributed by atoms with Gasteiger partial charge in [0.2, 0.25) is 11.6 Å². The summed E-state index contributed by atoms with van der Waals surface area (Å²) < 4.78 is 6.16. The lowest BCUT2D eigenvalue weighted by molar-refractivity contribution is 0.0946. The molecular weight excluding hydrogens is 458 g/mol. The molecule has 3 heterocycles. The lowest BCUT2D eigenvalue weighted by Gasteiger charge is -2.32. The summed E-state index contributed by atoms with van der Waals surface area (Å²) in [5.74, 6) is 0.412. The van der Waals surface area contributed by atoms with Gasteiger partial charge in [-0.3, -0.25) is 9.69 Å². The number of nitrogens with one attached hydrogen (secondary N) is 1. The van der Waals surface area contributed by atoms with Crippen LogP contribution in [-0.4, -0.2) is 55.4 Å². The van der Waals surface area contributed by atoms with E-state index in [1.807, 2.05) is 36.4 Å². The Hall–Kier alpha value is -4.38. The van der Waals surface area contributed by atoms with Gasteiger partial charge < -0.3 is 5.73 Å². The van der Waals surface area contributed by atoms with Crippen molar-refractivity contribution < 1.29 is 9.42 Å². The van der Waals surface area contributed by atoms with Gasteiger partial charge in [-0.1, -0.05) is 65.9 Å². The number of nitrogen functional groups attached to an aromatic ring is 1. The molecule has 0 unspecified atom stereocenters. The molecule has 11 heteroatoms. The number of carbonyl (C=O) groups excluding carboxylic acids is 1. The Balaban J connectivity index is 1.29. The van der Waals surface area contributed by atoms with Crippen molar-refractivity contribution in [2.24, 2.45) is 11.0 Å². The number of carbonyl (C=O) groups is 1. The lowest BCUT2D eigenvalue weighted by atomic mass is 9.90. The van der Waals surface area contributed by atoms with E-state index in [-0.39, 0.29) is 17.3 Å². The van der Waals surface area contributed by atoms with E-state index in [0.29, 0.717) is 18.2 Å². The second-order valence-electron chi connectivity index (χ2n) is 8.79. The van der Waals surface area contributed by atoms with Gasteiger partial charge in [0.15, 0.2) is 5.69 Å². The monoisotopic (exact) mass is 485 g/mol. The first-order chi connectivity index (χ1) is 17.7. The summed E-state index contributed by atoms with van der Waals surface area (Å²) in [5.41, 5.74) is 11.4. The van der Waals surface area contributed by atoms with Crippen molar-refractivity contribution >= 4 is 17.9 Å². The van der Waals surface area contributed by atoms with Crippen LogP contribution in [0.5, 0.6) is 0 Å². The van der Waals surface area contributed by atoms with Crippen LogP contribution < -0.4 is 11.2 Å². The maximum absolute atomic E-state index is 13.0. The van der Waals surface area contributed by atoms with Crippen molar-refractivity contribution in [2.45, 2.75) is 25.8 Å². The van der Waals surface area contributed by atoms with E-state index in [9.17, 15) is 4.79 Å². The van der Waals surface area contributed by atoms with E-state index < -0.39 is 5.91 Å². The smallest absolute Gasteiger partial charge is 0.293 e. The standard InChI is InChI=1S/C25H27N9O2/c26-23-24(31-36-30-23)34-21(17-33-13-11-19(12-14-33)15-18-7-3-1-4-8-18)22(28-32-34)25(35)29-27-16-20-9-5-2-6-10-20/h1-10,16,19H,11-15,17H2,(H2,26,30)(H,29,35)/b27-16-. The normalized spacial score (nSPS) is 14.9. The first-order valence-electron chi connectivity index (χ1n) is 11.8. The molecule has 1 aliphatic rings. The second kappa shape index (κ2) is 10.9. The molecule has 5 rings (SSSR count). The number of piperidine rings is 1. The number of amides is 1. The molecule has 184 valence electrons. The van der Waals surface area contributed by atoms with Crippen LogP contribution in [0.25, 0.3) is 5.82 Å². The Kier molecular flexibility index (Phi) is 7.08. The molecule has 3 N–H and O–H groups in total. The van der Waals surface area contributed by atoms with E-state index in [0.717, 1.165) is 37.9 Å². The van der Waals surface area contributed by atoms with Crippen LogP contribution in [-0.2, 0) is 13.0 Å². The van der Waals surface area contributed by atoms with Crippen molar-refractivity contribution in [2.75, 3.05) is 18.8 Å². The van der Waals surface area contributed by atoms with Gasteiger partial charge in [-0.05, 0) is 59.7 Å². The lowest BCUT2D eigenvalue weighted by Crippen LogP contribution is -2.35. The minimum atomic E-state index is -0.475. The van der Waals surface area contributed by atoms with Crippen LogP contribution in [0.1, 0.15) is 40.2 Å². The number of likely N-dealkylation sites (tertiary alicyclic amines) is 1. The average Bonchev–Trinajstić information content (AvgIpc) is 3.52. The number of rotatable bonds is 8. The van der Waals surface area contributed by atoms with E-state index in [1.165, 1.54) is 10.2 Å². The van der Waals surface area contributed by atoms with Gasteiger partial charge in [0.1, 0.15) is 0 Å².